The van der Waals surface area contributed by atoms with Crippen LogP contribution in [0.4, 0.5) is 20.2 Å². The lowest BCUT2D eigenvalue weighted by atomic mass is 10.2. The van der Waals surface area contributed by atoms with Crippen molar-refractivity contribution in [3.8, 4) is 5.88 Å². The van der Waals surface area contributed by atoms with E-state index in [4.69, 9.17) is 0 Å². The number of nitrogens with one attached hydrogen (secondary N) is 1. The van der Waals surface area contributed by atoms with Gasteiger partial charge in [0, 0.05) is 30.8 Å². The first-order chi connectivity index (χ1) is 13.0. The average molecular weight is 371 g/mol. The van der Waals surface area contributed by atoms with Crippen LogP contribution in [0.5, 0.6) is 5.88 Å². The molecule has 0 spiro atoms. The van der Waals surface area contributed by atoms with Gasteiger partial charge >= 0.3 is 0 Å². The van der Waals surface area contributed by atoms with E-state index in [1.807, 2.05) is 11.8 Å². The number of unbranched alkanes of at least 4 members (excludes halogenated alkanes) is 1. The molecule has 0 fully saturated rings. The maximum absolute atomic E-state index is 14.5. The van der Waals surface area contributed by atoms with Crippen LogP contribution in [0.2, 0.25) is 0 Å². The summed E-state index contributed by atoms with van der Waals surface area (Å²) in [6.45, 7) is 5.66. The van der Waals surface area contributed by atoms with Gasteiger partial charge in [-0.1, -0.05) is 13.3 Å². The van der Waals surface area contributed by atoms with E-state index in [9.17, 15) is 13.9 Å². The van der Waals surface area contributed by atoms with Crippen LogP contribution in [0, 0.1) is 11.6 Å². The zero-order valence-electron chi connectivity index (χ0n) is 15.5. The van der Waals surface area contributed by atoms with E-state index < -0.39 is 5.82 Å². The van der Waals surface area contributed by atoms with Crippen molar-refractivity contribution in [2.75, 3.05) is 18.0 Å². The van der Waals surface area contributed by atoms with Gasteiger partial charge in [0.25, 0.3) is 0 Å². The normalized spacial score (nSPS) is 11.6. The lowest BCUT2D eigenvalue weighted by Crippen LogP contribution is -2.24. The minimum atomic E-state index is -0.395. The number of hydrogen-bond donors (Lipinski definition) is 2. The number of H-pyrrole nitrogens is 1. The molecule has 3 rings (SSSR count). The summed E-state index contributed by atoms with van der Waals surface area (Å²) in [5, 5.41) is 10.7. The lowest BCUT2D eigenvalue weighted by Gasteiger charge is -2.23. The number of benzene rings is 2. The lowest BCUT2D eigenvalue weighted by molar-refractivity contribution is 0.457. The van der Waals surface area contributed by atoms with Crippen molar-refractivity contribution in [2.45, 2.75) is 26.7 Å². The van der Waals surface area contributed by atoms with E-state index in [-0.39, 0.29) is 11.7 Å². The molecular formula is C21H23F2N3O. The Balaban J connectivity index is 1.86. The predicted molar refractivity (Wildman–Crippen MR) is 106 cm³/mol. The zero-order chi connectivity index (χ0) is 19.4. The van der Waals surface area contributed by atoms with Gasteiger partial charge in [0.1, 0.15) is 11.6 Å². The van der Waals surface area contributed by atoms with Crippen LogP contribution in [-0.2, 0) is 0 Å². The molecule has 0 aliphatic rings. The quantitative estimate of drug-likeness (QED) is 0.537. The van der Waals surface area contributed by atoms with Gasteiger partial charge in [0.15, 0.2) is 5.88 Å². The first-order valence-electron chi connectivity index (χ1n) is 9.12. The van der Waals surface area contributed by atoms with Crippen molar-refractivity contribution in [3.05, 3.63) is 53.6 Å². The summed E-state index contributed by atoms with van der Waals surface area (Å²) in [6.07, 6.45) is 3.52. The second kappa shape index (κ2) is 8.20. The van der Waals surface area contributed by atoms with Gasteiger partial charge in [-0.05, 0) is 43.7 Å². The van der Waals surface area contributed by atoms with Crippen molar-refractivity contribution in [1.29, 1.82) is 0 Å². The van der Waals surface area contributed by atoms with Crippen LogP contribution in [0.15, 0.2) is 41.4 Å². The third kappa shape index (κ3) is 4.10. The molecule has 0 saturated heterocycles. The Kier molecular flexibility index (Phi) is 5.74. The van der Waals surface area contributed by atoms with Crippen molar-refractivity contribution in [1.82, 2.24) is 4.98 Å². The third-order valence-electron chi connectivity index (χ3n) is 4.56. The molecule has 0 aliphatic heterocycles. The zero-order valence-corrected chi connectivity index (χ0v) is 15.5. The highest BCUT2D eigenvalue weighted by atomic mass is 19.1. The first kappa shape index (κ1) is 18.9. The number of rotatable bonds is 7. The van der Waals surface area contributed by atoms with Crippen LogP contribution < -0.4 is 4.90 Å². The average Bonchev–Trinajstić information content (AvgIpc) is 2.96. The second-order valence-corrected chi connectivity index (χ2v) is 6.40. The molecule has 27 heavy (non-hydrogen) atoms. The number of fused-ring (bicyclic) bond motifs is 1. The van der Waals surface area contributed by atoms with E-state index in [0.717, 1.165) is 25.9 Å². The Morgan fingerprint density at radius 1 is 1.15 bits per heavy atom. The molecule has 0 aliphatic carbocycles. The highest BCUT2D eigenvalue weighted by Crippen LogP contribution is 2.28. The van der Waals surface area contributed by atoms with E-state index >= 15 is 0 Å². The summed E-state index contributed by atoms with van der Waals surface area (Å²) in [5.41, 5.74) is 1.92. The van der Waals surface area contributed by atoms with Gasteiger partial charge in [-0.2, -0.15) is 0 Å². The van der Waals surface area contributed by atoms with Crippen molar-refractivity contribution < 1.29 is 13.9 Å². The van der Waals surface area contributed by atoms with Crippen LogP contribution >= 0.6 is 0 Å². The minimum absolute atomic E-state index is 0.104. The summed E-state index contributed by atoms with van der Waals surface area (Å²) >= 11 is 0. The second-order valence-electron chi connectivity index (χ2n) is 6.40. The van der Waals surface area contributed by atoms with Gasteiger partial charge in [0.05, 0.1) is 22.5 Å². The van der Waals surface area contributed by atoms with E-state index in [1.54, 1.807) is 18.2 Å². The van der Waals surface area contributed by atoms with Gasteiger partial charge in [0.2, 0.25) is 0 Å². The smallest absolute Gasteiger partial charge is 0.198 e. The van der Waals surface area contributed by atoms with Crippen LogP contribution in [0.1, 0.15) is 32.3 Å². The SMILES string of the molecule is CCCCN(CC)c1ccc(N=Cc2c(O)[nH]c3cc(F)ccc23)cc1F. The van der Waals surface area contributed by atoms with E-state index in [2.05, 4.69) is 16.9 Å². The van der Waals surface area contributed by atoms with Crippen molar-refractivity contribution >= 4 is 28.5 Å². The van der Waals surface area contributed by atoms with Gasteiger partial charge < -0.3 is 15.0 Å². The van der Waals surface area contributed by atoms with Gasteiger partial charge in [-0.25, -0.2) is 8.78 Å². The molecule has 0 saturated carbocycles. The third-order valence-corrected chi connectivity index (χ3v) is 4.56. The van der Waals surface area contributed by atoms with Crippen LogP contribution in [0.3, 0.4) is 0 Å². The summed E-state index contributed by atoms with van der Waals surface area (Å²) in [4.78, 5) is 8.99. The summed E-state index contributed by atoms with van der Waals surface area (Å²) in [6, 6.07) is 9.04. The number of nitrogens with zero attached hydrogens (tertiary/aromatic N) is 2. The fourth-order valence-corrected chi connectivity index (χ4v) is 3.08. The maximum atomic E-state index is 14.5. The number of halogens is 2. The molecule has 142 valence electrons. The first-order valence-corrected chi connectivity index (χ1v) is 9.12. The summed E-state index contributed by atoms with van der Waals surface area (Å²) in [7, 11) is 0. The highest BCUT2D eigenvalue weighted by molar-refractivity contribution is 6.02. The van der Waals surface area contributed by atoms with Gasteiger partial charge in [-0.15, -0.1) is 0 Å². The molecule has 1 aromatic heterocycles. The Bertz CT molecular complexity index is 965. The van der Waals surface area contributed by atoms with Crippen molar-refractivity contribution in [2.24, 2.45) is 4.99 Å². The van der Waals surface area contributed by atoms with Crippen molar-refractivity contribution in [3.63, 3.8) is 0 Å². The molecule has 0 bridgehead atoms. The number of aromatic hydroxyl groups is 1. The summed E-state index contributed by atoms with van der Waals surface area (Å²) < 4.78 is 27.8. The molecule has 0 amide bonds. The van der Waals surface area contributed by atoms with Crippen LogP contribution in [0.25, 0.3) is 10.9 Å². The Morgan fingerprint density at radius 3 is 2.67 bits per heavy atom. The predicted octanol–water partition coefficient (Wildman–Crippen LogP) is 5.53. The molecule has 0 unspecified atom stereocenters. The molecule has 3 aromatic rings. The van der Waals surface area contributed by atoms with E-state index in [1.165, 1.54) is 24.4 Å². The fraction of sp³-hybridized carbons (Fsp3) is 0.286. The largest absolute Gasteiger partial charge is 0.494 e. The standard InChI is InChI=1S/C21H23F2N3O/c1-3-5-10-26(4-2)20-9-7-15(12-18(20)23)24-13-17-16-8-6-14(22)11-19(16)25-21(17)27/h6-9,11-13,25,27H,3-5,10H2,1-2H3. The van der Waals surface area contributed by atoms with Gasteiger partial charge in [-0.3, -0.25) is 4.99 Å². The Morgan fingerprint density at radius 2 is 1.96 bits per heavy atom. The Hall–Kier alpha value is -2.89. The molecule has 2 aromatic carbocycles. The number of anilines is 1. The number of hydrogen-bond acceptors (Lipinski definition) is 3. The number of aromatic amines is 1. The summed E-state index contributed by atoms with van der Waals surface area (Å²) in [5.74, 6) is -0.825. The molecule has 2 N–H and O–H groups in total. The Labute approximate surface area is 157 Å². The highest BCUT2D eigenvalue weighted by Gasteiger charge is 2.12. The molecule has 6 heteroatoms. The number of aromatic nitrogens is 1. The monoisotopic (exact) mass is 371 g/mol. The topological polar surface area (TPSA) is 51.6 Å². The minimum Gasteiger partial charge on any atom is -0.494 e. The molecule has 0 radical (unpaired) electrons. The molecule has 1 heterocycles. The van der Waals surface area contributed by atoms with E-state index in [0.29, 0.717) is 27.8 Å². The molecule has 0 atom stereocenters. The van der Waals surface area contributed by atoms with Crippen LogP contribution in [-0.4, -0.2) is 29.4 Å². The molecular weight excluding hydrogens is 348 g/mol. The fourth-order valence-electron chi connectivity index (χ4n) is 3.08. The molecule has 4 nitrogen and oxygen atoms in total. The maximum Gasteiger partial charge on any atom is 0.198 e. The number of aliphatic imine (C=N–C) groups is 1.